The van der Waals surface area contributed by atoms with Gasteiger partial charge in [-0.2, -0.15) is 0 Å². The molecule has 0 bridgehead atoms. The Morgan fingerprint density at radius 1 is 0.562 bits per heavy atom. The van der Waals surface area contributed by atoms with Crippen LogP contribution in [-0.2, 0) is 0 Å². The van der Waals surface area contributed by atoms with E-state index < -0.39 is 0 Å². The van der Waals surface area contributed by atoms with Gasteiger partial charge in [0.05, 0.1) is 11.4 Å². The second-order valence-corrected chi connectivity index (χ2v) is 9.01. The average Bonchev–Trinajstić information content (AvgIpc) is 3.25. The number of aryl methyl sites for hydroxylation is 1. The molecule has 0 aliphatic heterocycles. The van der Waals surface area contributed by atoms with Gasteiger partial charge in [0.25, 0.3) is 0 Å². The first-order chi connectivity index (χ1) is 15.8. The maximum absolute atomic E-state index is 5.06. The number of hydrogen-bond donors (Lipinski definition) is 0. The standard InChI is InChI=1S/C29H20N2S/c1-19-10-8-16-25-27(19)28-22(15-9-17-26(28)32-25)29-30-23(20-11-4-2-5-12-20)18-24(31-29)21-13-6-3-7-14-21/h2-18H,1H3. The summed E-state index contributed by atoms with van der Waals surface area (Å²) in [5.74, 6) is 0.763. The van der Waals surface area contributed by atoms with Crippen LogP contribution in [0.2, 0.25) is 0 Å². The van der Waals surface area contributed by atoms with Crippen molar-refractivity contribution in [3.63, 3.8) is 0 Å². The molecule has 4 aromatic carbocycles. The molecule has 0 saturated carbocycles. The fourth-order valence-electron chi connectivity index (χ4n) is 4.31. The van der Waals surface area contributed by atoms with Crippen LogP contribution in [0.3, 0.4) is 0 Å². The van der Waals surface area contributed by atoms with Gasteiger partial charge in [0.2, 0.25) is 0 Å². The molecule has 0 N–H and O–H groups in total. The van der Waals surface area contributed by atoms with E-state index in [1.54, 1.807) is 0 Å². The molecule has 6 rings (SSSR count). The molecule has 6 aromatic rings. The van der Waals surface area contributed by atoms with Gasteiger partial charge >= 0.3 is 0 Å². The first kappa shape index (κ1) is 18.9. The van der Waals surface area contributed by atoms with Gasteiger partial charge in [0.1, 0.15) is 0 Å². The molecule has 2 nitrogen and oxygen atoms in total. The lowest BCUT2D eigenvalue weighted by Gasteiger charge is -2.10. The van der Waals surface area contributed by atoms with Crippen LogP contribution >= 0.6 is 11.3 Å². The quantitative estimate of drug-likeness (QED) is 0.284. The van der Waals surface area contributed by atoms with Crippen molar-refractivity contribution in [2.24, 2.45) is 0 Å². The molecule has 0 amide bonds. The van der Waals surface area contributed by atoms with E-state index in [1.807, 2.05) is 23.5 Å². The molecule has 2 aromatic heterocycles. The first-order valence-electron chi connectivity index (χ1n) is 10.7. The minimum absolute atomic E-state index is 0.763. The highest BCUT2D eigenvalue weighted by Crippen LogP contribution is 2.41. The summed E-state index contributed by atoms with van der Waals surface area (Å²) in [4.78, 5) is 10.1. The van der Waals surface area contributed by atoms with Crippen molar-refractivity contribution in [3.05, 3.63) is 109 Å². The maximum Gasteiger partial charge on any atom is 0.161 e. The van der Waals surface area contributed by atoms with Crippen LogP contribution < -0.4 is 0 Å². The second-order valence-electron chi connectivity index (χ2n) is 7.92. The number of hydrogen-bond acceptors (Lipinski definition) is 3. The summed E-state index contributed by atoms with van der Waals surface area (Å²) in [5.41, 5.74) is 6.41. The Kier molecular flexibility index (Phi) is 4.55. The number of benzene rings is 4. The molecule has 0 aliphatic carbocycles. The van der Waals surface area contributed by atoms with Crippen LogP contribution in [-0.4, -0.2) is 9.97 Å². The van der Waals surface area contributed by atoms with Crippen molar-refractivity contribution in [2.45, 2.75) is 6.92 Å². The predicted molar refractivity (Wildman–Crippen MR) is 136 cm³/mol. The molecular weight excluding hydrogens is 408 g/mol. The van der Waals surface area contributed by atoms with Crippen molar-refractivity contribution in [2.75, 3.05) is 0 Å². The third-order valence-corrected chi connectivity index (χ3v) is 6.96. The number of nitrogens with zero attached hydrogens (tertiary/aromatic N) is 2. The van der Waals surface area contributed by atoms with Crippen LogP contribution in [0.1, 0.15) is 5.56 Å². The Hall–Kier alpha value is -3.82. The van der Waals surface area contributed by atoms with E-state index in [1.165, 1.54) is 25.7 Å². The molecule has 0 unspecified atom stereocenters. The van der Waals surface area contributed by atoms with Gasteiger partial charge in [-0.15, -0.1) is 11.3 Å². The Balaban J connectivity index is 1.67. The Labute approximate surface area is 190 Å². The minimum atomic E-state index is 0.763. The number of rotatable bonds is 3. The molecule has 0 atom stereocenters. The smallest absolute Gasteiger partial charge is 0.161 e. The highest BCUT2D eigenvalue weighted by atomic mass is 32.1. The molecule has 0 fully saturated rings. The lowest BCUT2D eigenvalue weighted by atomic mass is 10.0. The highest BCUT2D eigenvalue weighted by Gasteiger charge is 2.16. The van der Waals surface area contributed by atoms with Crippen molar-refractivity contribution in [1.82, 2.24) is 9.97 Å². The minimum Gasteiger partial charge on any atom is -0.228 e. The fraction of sp³-hybridized carbons (Fsp3) is 0.0345. The summed E-state index contributed by atoms with van der Waals surface area (Å²) < 4.78 is 2.57. The molecule has 0 saturated heterocycles. The van der Waals surface area contributed by atoms with E-state index in [0.29, 0.717) is 0 Å². The maximum atomic E-state index is 5.06. The van der Waals surface area contributed by atoms with Crippen LogP contribution in [0.25, 0.3) is 54.1 Å². The number of fused-ring (bicyclic) bond motifs is 3. The highest BCUT2D eigenvalue weighted by molar-refractivity contribution is 7.26. The first-order valence-corrected chi connectivity index (χ1v) is 11.5. The summed E-state index contributed by atoms with van der Waals surface area (Å²) in [6, 6.07) is 35.7. The van der Waals surface area contributed by atoms with Gasteiger partial charge in [-0.05, 0) is 30.7 Å². The van der Waals surface area contributed by atoms with Gasteiger partial charge < -0.3 is 0 Å². The van der Waals surface area contributed by atoms with Gasteiger partial charge in [0.15, 0.2) is 5.82 Å². The molecule has 0 aliphatic rings. The lowest BCUT2D eigenvalue weighted by Crippen LogP contribution is -1.96. The van der Waals surface area contributed by atoms with Crippen LogP contribution in [0, 0.1) is 6.92 Å². The van der Waals surface area contributed by atoms with Crippen LogP contribution in [0.5, 0.6) is 0 Å². The topological polar surface area (TPSA) is 25.8 Å². The summed E-state index contributed by atoms with van der Waals surface area (Å²) in [7, 11) is 0. The summed E-state index contributed by atoms with van der Waals surface area (Å²) in [6.07, 6.45) is 0. The van der Waals surface area contributed by atoms with E-state index in [4.69, 9.17) is 9.97 Å². The third-order valence-electron chi connectivity index (χ3n) is 5.84. The zero-order chi connectivity index (χ0) is 21.5. The van der Waals surface area contributed by atoms with E-state index in [2.05, 4.69) is 97.9 Å². The molecule has 0 radical (unpaired) electrons. The van der Waals surface area contributed by atoms with Crippen molar-refractivity contribution in [3.8, 4) is 33.9 Å². The zero-order valence-electron chi connectivity index (χ0n) is 17.6. The summed E-state index contributed by atoms with van der Waals surface area (Å²) in [6.45, 7) is 2.18. The van der Waals surface area contributed by atoms with E-state index in [9.17, 15) is 0 Å². The van der Waals surface area contributed by atoms with Gasteiger partial charge in [-0.3, -0.25) is 0 Å². The largest absolute Gasteiger partial charge is 0.228 e. The Bertz CT molecular complexity index is 1510. The lowest BCUT2D eigenvalue weighted by molar-refractivity contribution is 1.19. The molecular formula is C29H20N2S. The van der Waals surface area contributed by atoms with Gasteiger partial charge in [-0.1, -0.05) is 84.9 Å². The molecule has 32 heavy (non-hydrogen) atoms. The molecule has 152 valence electrons. The monoisotopic (exact) mass is 428 g/mol. The van der Waals surface area contributed by atoms with Crippen molar-refractivity contribution in [1.29, 1.82) is 0 Å². The van der Waals surface area contributed by atoms with E-state index >= 15 is 0 Å². The molecule has 3 heteroatoms. The third kappa shape index (κ3) is 3.19. The summed E-state index contributed by atoms with van der Waals surface area (Å²) in [5, 5.41) is 2.55. The van der Waals surface area contributed by atoms with E-state index in [-0.39, 0.29) is 0 Å². The van der Waals surface area contributed by atoms with Gasteiger partial charge in [0, 0.05) is 36.9 Å². The normalized spacial score (nSPS) is 11.3. The van der Waals surface area contributed by atoms with E-state index in [0.717, 1.165) is 33.9 Å². The molecule has 2 heterocycles. The Morgan fingerprint density at radius 3 is 1.75 bits per heavy atom. The van der Waals surface area contributed by atoms with Crippen molar-refractivity contribution >= 4 is 31.5 Å². The predicted octanol–water partition coefficient (Wildman–Crippen LogP) is 8.15. The van der Waals surface area contributed by atoms with Crippen LogP contribution in [0.4, 0.5) is 0 Å². The van der Waals surface area contributed by atoms with Crippen molar-refractivity contribution < 1.29 is 0 Å². The fourth-order valence-corrected chi connectivity index (χ4v) is 5.52. The molecule has 0 spiro atoms. The van der Waals surface area contributed by atoms with Gasteiger partial charge in [-0.25, -0.2) is 9.97 Å². The zero-order valence-corrected chi connectivity index (χ0v) is 18.4. The number of thiophene rings is 1. The average molecular weight is 429 g/mol. The second kappa shape index (κ2) is 7.70. The van der Waals surface area contributed by atoms with Crippen LogP contribution in [0.15, 0.2) is 103 Å². The number of aromatic nitrogens is 2. The Morgan fingerprint density at radius 2 is 1.12 bits per heavy atom. The SMILES string of the molecule is Cc1cccc2sc3cccc(-c4nc(-c5ccccc5)cc(-c5ccccc5)n4)c3c12. The summed E-state index contributed by atoms with van der Waals surface area (Å²) >= 11 is 1.83.